The van der Waals surface area contributed by atoms with E-state index < -0.39 is 0 Å². The van der Waals surface area contributed by atoms with Gasteiger partial charge in [0.1, 0.15) is 0 Å². The van der Waals surface area contributed by atoms with Crippen molar-refractivity contribution in [2.45, 2.75) is 26.7 Å². The Labute approximate surface area is 149 Å². The summed E-state index contributed by atoms with van der Waals surface area (Å²) in [5.74, 6) is -0.0376. The Balaban J connectivity index is 0.00000208. The van der Waals surface area contributed by atoms with E-state index in [-0.39, 0.29) is 23.7 Å². The van der Waals surface area contributed by atoms with Crippen molar-refractivity contribution >= 4 is 18.3 Å². The van der Waals surface area contributed by atoms with E-state index in [4.69, 9.17) is 0 Å². The average molecular weight is 349 g/mol. The maximum Gasteiger partial charge on any atom is 0.254 e. The van der Waals surface area contributed by atoms with Gasteiger partial charge in [0.15, 0.2) is 0 Å². The summed E-state index contributed by atoms with van der Waals surface area (Å²) in [5, 5.41) is 10.9. The molecule has 1 fully saturated rings. The molecule has 0 spiro atoms. The van der Waals surface area contributed by atoms with Crippen molar-refractivity contribution in [3.63, 3.8) is 0 Å². The van der Waals surface area contributed by atoms with Crippen molar-refractivity contribution < 1.29 is 4.79 Å². The second-order valence-electron chi connectivity index (χ2n) is 6.65. The van der Waals surface area contributed by atoms with Gasteiger partial charge in [-0.15, -0.1) is 12.4 Å². The highest BCUT2D eigenvalue weighted by Gasteiger charge is 2.27. The van der Waals surface area contributed by atoms with Crippen molar-refractivity contribution in [3.8, 4) is 5.69 Å². The zero-order valence-electron chi connectivity index (χ0n) is 14.2. The molecule has 0 atom stereocenters. The quantitative estimate of drug-likeness (QED) is 0.893. The number of halogens is 1. The van der Waals surface area contributed by atoms with Gasteiger partial charge in [-0.3, -0.25) is 4.79 Å². The number of aromatic nitrogens is 2. The molecule has 6 heteroatoms. The summed E-state index contributed by atoms with van der Waals surface area (Å²) in [6.45, 7) is 6.88. The van der Waals surface area contributed by atoms with E-state index in [2.05, 4.69) is 22.7 Å². The molecule has 2 heterocycles. The maximum absolute atomic E-state index is 12.5. The van der Waals surface area contributed by atoms with Gasteiger partial charge in [-0.1, -0.05) is 25.1 Å². The Bertz CT molecular complexity index is 678. The van der Waals surface area contributed by atoms with Gasteiger partial charge in [-0.25, -0.2) is 4.68 Å². The van der Waals surface area contributed by atoms with E-state index in [9.17, 15) is 4.79 Å². The Kier molecular flexibility index (Phi) is 6.02. The van der Waals surface area contributed by atoms with E-state index in [1.165, 1.54) is 0 Å². The third kappa shape index (κ3) is 4.16. The highest BCUT2D eigenvalue weighted by atomic mass is 35.5. The molecule has 0 radical (unpaired) electrons. The number of benzene rings is 1. The van der Waals surface area contributed by atoms with E-state index in [1.807, 2.05) is 43.5 Å². The third-order valence-electron chi connectivity index (χ3n) is 4.65. The summed E-state index contributed by atoms with van der Waals surface area (Å²) in [7, 11) is 0. The van der Waals surface area contributed by atoms with Crippen LogP contribution in [0.25, 0.3) is 5.69 Å². The van der Waals surface area contributed by atoms with Crippen molar-refractivity contribution in [1.29, 1.82) is 0 Å². The van der Waals surface area contributed by atoms with E-state index in [1.54, 1.807) is 4.68 Å². The Hall–Kier alpha value is -1.85. The second-order valence-corrected chi connectivity index (χ2v) is 6.65. The topological polar surface area (TPSA) is 59.0 Å². The highest BCUT2D eigenvalue weighted by molar-refractivity contribution is 5.95. The summed E-state index contributed by atoms with van der Waals surface area (Å²) in [6.07, 6.45) is 4.00. The summed E-state index contributed by atoms with van der Waals surface area (Å²) in [4.78, 5) is 12.5. The molecule has 0 saturated carbocycles. The molecule has 5 nitrogen and oxygen atoms in total. The number of nitrogens with one attached hydrogen (secondary N) is 2. The van der Waals surface area contributed by atoms with Gasteiger partial charge in [0.05, 0.1) is 16.9 Å². The van der Waals surface area contributed by atoms with Crippen molar-refractivity contribution in [2.24, 2.45) is 5.41 Å². The number of amides is 1. The lowest BCUT2D eigenvalue weighted by molar-refractivity contribution is 0.0921. The minimum Gasteiger partial charge on any atom is -0.351 e. The predicted molar refractivity (Wildman–Crippen MR) is 98.1 cm³/mol. The van der Waals surface area contributed by atoms with Gasteiger partial charge in [0.2, 0.25) is 0 Å². The third-order valence-corrected chi connectivity index (χ3v) is 4.65. The van der Waals surface area contributed by atoms with Crippen LogP contribution in [0.4, 0.5) is 0 Å². The van der Waals surface area contributed by atoms with Crippen LogP contribution < -0.4 is 10.6 Å². The van der Waals surface area contributed by atoms with Gasteiger partial charge in [0, 0.05) is 12.7 Å². The first-order chi connectivity index (χ1) is 11.1. The molecule has 1 amide bonds. The number of carbonyl (C=O) groups is 1. The number of hydrogen-bond donors (Lipinski definition) is 2. The lowest BCUT2D eigenvalue weighted by atomic mass is 9.81. The molecule has 0 unspecified atom stereocenters. The van der Waals surface area contributed by atoms with Crippen LogP contribution in [-0.4, -0.2) is 35.3 Å². The smallest absolute Gasteiger partial charge is 0.254 e. The fourth-order valence-electron chi connectivity index (χ4n) is 2.99. The first-order valence-electron chi connectivity index (χ1n) is 8.18. The molecular formula is C18H25ClN4O. The number of carbonyl (C=O) groups excluding carboxylic acids is 1. The first-order valence-corrected chi connectivity index (χ1v) is 8.18. The monoisotopic (exact) mass is 348 g/mol. The molecule has 2 aromatic rings. The molecule has 0 bridgehead atoms. The summed E-state index contributed by atoms with van der Waals surface area (Å²) >= 11 is 0. The Morgan fingerprint density at radius 3 is 2.62 bits per heavy atom. The van der Waals surface area contributed by atoms with Gasteiger partial charge < -0.3 is 10.6 Å². The van der Waals surface area contributed by atoms with Crippen LogP contribution in [0.15, 0.2) is 36.5 Å². The van der Waals surface area contributed by atoms with E-state index in [0.29, 0.717) is 12.1 Å². The second kappa shape index (κ2) is 7.81. The van der Waals surface area contributed by atoms with Gasteiger partial charge in [0.25, 0.3) is 5.91 Å². The predicted octanol–water partition coefficient (Wildman–Crippen LogP) is 2.72. The largest absolute Gasteiger partial charge is 0.351 e. The standard InChI is InChI=1S/C18H24N4O.ClH/c1-14-16(12-22(21-14)15-6-4-3-5-7-15)17(23)20-13-18(2)8-10-19-11-9-18;/h3-7,12,19H,8-11,13H2,1-2H3,(H,20,23);1H. The maximum atomic E-state index is 12.5. The molecule has 1 aromatic carbocycles. The minimum atomic E-state index is -0.0376. The lowest BCUT2D eigenvalue weighted by Gasteiger charge is -2.34. The molecule has 3 rings (SSSR count). The number of hydrogen-bond acceptors (Lipinski definition) is 3. The number of para-hydroxylation sites is 1. The molecule has 24 heavy (non-hydrogen) atoms. The molecule has 1 aliphatic heterocycles. The summed E-state index contributed by atoms with van der Waals surface area (Å²) in [6, 6.07) is 9.84. The van der Waals surface area contributed by atoms with Crippen LogP contribution in [0.1, 0.15) is 35.8 Å². The van der Waals surface area contributed by atoms with Crippen LogP contribution in [0.3, 0.4) is 0 Å². The fraction of sp³-hybridized carbons (Fsp3) is 0.444. The Morgan fingerprint density at radius 2 is 1.96 bits per heavy atom. The van der Waals surface area contributed by atoms with Crippen molar-refractivity contribution in [3.05, 3.63) is 47.8 Å². The van der Waals surface area contributed by atoms with Crippen LogP contribution in [0.2, 0.25) is 0 Å². The summed E-state index contributed by atoms with van der Waals surface area (Å²) in [5.41, 5.74) is 2.54. The van der Waals surface area contributed by atoms with Crippen molar-refractivity contribution in [2.75, 3.05) is 19.6 Å². The van der Waals surface area contributed by atoms with E-state index >= 15 is 0 Å². The van der Waals surface area contributed by atoms with E-state index in [0.717, 1.165) is 37.3 Å². The molecule has 1 saturated heterocycles. The van der Waals surface area contributed by atoms with Gasteiger partial charge in [-0.2, -0.15) is 5.10 Å². The Morgan fingerprint density at radius 1 is 1.29 bits per heavy atom. The number of piperidine rings is 1. The lowest BCUT2D eigenvalue weighted by Crippen LogP contribution is -2.42. The van der Waals surface area contributed by atoms with Crippen molar-refractivity contribution in [1.82, 2.24) is 20.4 Å². The number of aryl methyl sites for hydroxylation is 1. The van der Waals surface area contributed by atoms with Gasteiger partial charge >= 0.3 is 0 Å². The van der Waals surface area contributed by atoms with Crippen LogP contribution in [-0.2, 0) is 0 Å². The fourth-order valence-corrected chi connectivity index (χ4v) is 2.99. The molecule has 2 N–H and O–H groups in total. The zero-order chi connectivity index (χ0) is 16.3. The normalized spacial score (nSPS) is 16.2. The van der Waals surface area contributed by atoms with Crippen LogP contribution in [0, 0.1) is 12.3 Å². The molecular weight excluding hydrogens is 324 g/mol. The van der Waals surface area contributed by atoms with Crippen LogP contribution >= 0.6 is 12.4 Å². The van der Waals surface area contributed by atoms with Gasteiger partial charge in [-0.05, 0) is 50.4 Å². The number of rotatable bonds is 4. The molecule has 1 aliphatic rings. The first kappa shape index (κ1) is 18.5. The number of nitrogens with zero attached hydrogens (tertiary/aromatic N) is 2. The molecule has 0 aliphatic carbocycles. The SMILES string of the molecule is Cc1nn(-c2ccccc2)cc1C(=O)NCC1(C)CCNCC1.Cl. The minimum absolute atomic E-state index is 0. The van der Waals surface area contributed by atoms with Crippen LogP contribution in [0.5, 0.6) is 0 Å². The molecule has 1 aromatic heterocycles. The summed E-state index contributed by atoms with van der Waals surface area (Å²) < 4.78 is 1.76. The zero-order valence-corrected chi connectivity index (χ0v) is 15.0. The highest BCUT2D eigenvalue weighted by Crippen LogP contribution is 2.26. The average Bonchev–Trinajstić information content (AvgIpc) is 2.96. The molecule has 130 valence electrons.